The van der Waals surface area contributed by atoms with Crippen LogP contribution in [-0.2, 0) is 4.74 Å². The second-order valence-corrected chi connectivity index (χ2v) is 6.89. The van der Waals surface area contributed by atoms with Gasteiger partial charge in [0.2, 0.25) is 5.88 Å². The molecule has 3 aromatic rings. The van der Waals surface area contributed by atoms with Crippen molar-refractivity contribution in [2.75, 3.05) is 13.2 Å². The molecule has 27 heavy (non-hydrogen) atoms. The molecule has 0 amide bonds. The van der Waals surface area contributed by atoms with Gasteiger partial charge < -0.3 is 14.0 Å². The van der Waals surface area contributed by atoms with E-state index < -0.39 is 11.8 Å². The summed E-state index contributed by atoms with van der Waals surface area (Å²) in [6.45, 7) is 6.45. The number of hydrogen-bond acceptors (Lipinski definition) is 4. The second-order valence-electron chi connectivity index (χ2n) is 6.48. The zero-order chi connectivity index (χ0) is 19.6. The van der Waals surface area contributed by atoms with Crippen LogP contribution in [-0.4, -0.2) is 28.7 Å². The number of aromatic nitrogens is 2. The average Bonchev–Trinajstić information content (AvgIpc) is 3.02. The van der Waals surface area contributed by atoms with E-state index in [2.05, 4.69) is 4.98 Å². The molecule has 0 radical (unpaired) electrons. The molecule has 0 saturated carbocycles. The fraction of sp³-hybridized carbons (Fsp3) is 0.300. The van der Waals surface area contributed by atoms with Crippen LogP contribution >= 0.6 is 11.6 Å². The Morgan fingerprint density at radius 3 is 2.78 bits per heavy atom. The number of nitrogens with zero attached hydrogens (tertiary/aromatic N) is 2. The minimum absolute atomic E-state index is 0.0873. The van der Waals surface area contributed by atoms with E-state index in [4.69, 9.17) is 21.1 Å². The van der Waals surface area contributed by atoms with Gasteiger partial charge in [0.1, 0.15) is 10.8 Å². The lowest BCUT2D eigenvalue weighted by molar-refractivity contribution is 0.0521. The van der Waals surface area contributed by atoms with Crippen molar-refractivity contribution >= 4 is 28.5 Å². The number of benzene rings is 1. The monoisotopic (exact) mass is 390 g/mol. The van der Waals surface area contributed by atoms with Crippen LogP contribution in [0.25, 0.3) is 16.6 Å². The van der Waals surface area contributed by atoms with E-state index in [1.54, 1.807) is 36.0 Å². The van der Waals surface area contributed by atoms with Gasteiger partial charge in [-0.25, -0.2) is 14.2 Å². The molecule has 142 valence electrons. The van der Waals surface area contributed by atoms with Crippen LogP contribution in [0.5, 0.6) is 5.88 Å². The number of pyridine rings is 1. The summed E-state index contributed by atoms with van der Waals surface area (Å²) in [5, 5.41) is 1.08. The number of rotatable bonds is 6. The minimum atomic E-state index is -0.680. The van der Waals surface area contributed by atoms with E-state index >= 15 is 0 Å². The third-order valence-electron chi connectivity index (χ3n) is 3.90. The molecule has 0 spiro atoms. The van der Waals surface area contributed by atoms with Crippen LogP contribution in [0.15, 0.2) is 36.7 Å². The highest BCUT2D eigenvalue weighted by Crippen LogP contribution is 2.28. The van der Waals surface area contributed by atoms with E-state index in [-0.39, 0.29) is 12.2 Å². The lowest BCUT2D eigenvalue weighted by atomic mass is 10.1. The molecule has 0 N–H and O–H groups in total. The normalized spacial score (nSPS) is 11.2. The van der Waals surface area contributed by atoms with Crippen LogP contribution in [0.4, 0.5) is 4.39 Å². The highest BCUT2D eigenvalue weighted by Gasteiger charge is 2.16. The largest absolute Gasteiger partial charge is 0.476 e. The van der Waals surface area contributed by atoms with Crippen molar-refractivity contribution in [2.24, 2.45) is 5.92 Å². The summed E-state index contributed by atoms with van der Waals surface area (Å²) in [6.07, 6.45) is 3.37. The number of ether oxygens (including phenoxy) is 2. The maximum atomic E-state index is 14.4. The molecule has 3 rings (SSSR count). The molecule has 1 aromatic carbocycles. The van der Waals surface area contributed by atoms with Crippen LogP contribution < -0.4 is 4.74 Å². The molecule has 0 aliphatic carbocycles. The van der Waals surface area contributed by atoms with E-state index in [1.807, 2.05) is 13.8 Å². The standard InChI is InChI=1S/C20H20ClFN2O3/c1-4-26-20(25)15-7-13-5-6-24(18(13)9-17(15)22)14-8-16(21)19(23-10-14)27-11-12(2)3/h5-10,12H,4,11H2,1-3H3. The van der Waals surface area contributed by atoms with Crippen molar-refractivity contribution in [3.8, 4) is 11.6 Å². The topological polar surface area (TPSA) is 53.4 Å². The first-order valence-electron chi connectivity index (χ1n) is 8.67. The summed E-state index contributed by atoms with van der Waals surface area (Å²) in [4.78, 5) is 16.1. The molecule has 0 aliphatic heterocycles. The van der Waals surface area contributed by atoms with Gasteiger partial charge in [-0.15, -0.1) is 0 Å². The van der Waals surface area contributed by atoms with Crippen molar-refractivity contribution in [3.05, 3.63) is 53.1 Å². The maximum Gasteiger partial charge on any atom is 0.341 e. The number of carbonyl (C=O) groups excluding carboxylic acids is 1. The Kier molecular flexibility index (Phi) is 5.65. The van der Waals surface area contributed by atoms with Crippen molar-refractivity contribution in [1.29, 1.82) is 0 Å². The minimum Gasteiger partial charge on any atom is -0.476 e. The van der Waals surface area contributed by atoms with Gasteiger partial charge in [0.05, 0.1) is 36.2 Å². The lowest BCUT2D eigenvalue weighted by Crippen LogP contribution is -2.07. The number of hydrogen-bond donors (Lipinski definition) is 0. The zero-order valence-electron chi connectivity index (χ0n) is 15.3. The van der Waals surface area contributed by atoms with Crippen molar-refractivity contribution < 1.29 is 18.7 Å². The van der Waals surface area contributed by atoms with Gasteiger partial charge in [-0.3, -0.25) is 0 Å². The molecule has 2 aromatic heterocycles. The molecule has 0 bridgehead atoms. The number of halogens is 2. The Balaban J connectivity index is 1.97. The highest BCUT2D eigenvalue weighted by atomic mass is 35.5. The molecule has 0 fully saturated rings. The first-order valence-corrected chi connectivity index (χ1v) is 9.05. The molecular formula is C20H20ClFN2O3. The predicted octanol–water partition coefficient (Wildman–Crippen LogP) is 5.03. The molecule has 0 unspecified atom stereocenters. The first-order chi connectivity index (χ1) is 12.9. The Hall–Kier alpha value is -2.60. The first kappa shape index (κ1) is 19.2. The van der Waals surface area contributed by atoms with Crippen LogP contribution in [0.1, 0.15) is 31.1 Å². The molecular weight excluding hydrogens is 371 g/mol. The van der Waals surface area contributed by atoms with Gasteiger partial charge in [-0.2, -0.15) is 0 Å². The third-order valence-corrected chi connectivity index (χ3v) is 4.17. The van der Waals surface area contributed by atoms with E-state index in [1.165, 1.54) is 12.1 Å². The number of fused-ring (bicyclic) bond motifs is 1. The number of carbonyl (C=O) groups is 1. The van der Waals surface area contributed by atoms with Crippen LogP contribution in [0, 0.1) is 11.7 Å². The van der Waals surface area contributed by atoms with Gasteiger partial charge in [0.15, 0.2) is 0 Å². The lowest BCUT2D eigenvalue weighted by Gasteiger charge is -2.11. The summed E-state index contributed by atoms with van der Waals surface area (Å²) in [6, 6.07) is 6.28. The fourth-order valence-corrected chi connectivity index (χ4v) is 2.86. The van der Waals surface area contributed by atoms with E-state index in [0.717, 1.165) is 0 Å². The van der Waals surface area contributed by atoms with Crippen molar-refractivity contribution in [1.82, 2.24) is 9.55 Å². The summed E-state index contributed by atoms with van der Waals surface area (Å²) < 4.78 is 26.6. The Bertz CT molecular complexity index is 985. The third kappa shape index (κ3) is 4.06. The Morgan fingerprint density at radius 1 is 1.33 bits per heavy atom. The smallest absolute Gasteiger partial charge is 0.341 e. The summed E-state index contributed by atoms with van der Waals surface area (Å²) in [7, 11) is 0. The van der Waals surface area contributed by atoms with Gasteiger partial charge in [0, 0.05) is 11.6 Å². The molecule has 5 nitrogen and oxygen atoms in total. The van der Waals surface area contributed by atoms with Crippen molar-refractivity contribution in [3.63, 3.8) is 0 Å². The van der Waals surface area contributed by atoms with Crippen LogP contribution in [0.2, 0.25) is 5.02 Å². The second kappa shape index (κ2) is 7.96. The van der Waals surface area contributed by atoms with Gasteiger partial charge in [-0.05, 0) is 37.1 Å². The van der Waals surface area contributed by atoms with Crippen molar-refractivity contribution in [2.45, 2.75) is 20.8 Å². The summed E-state index contributed by atoms with van der Waals surface area (Å²) in [5.41, 5.74) is 1.17. The fourth-order valence-electron chi connectivity index (χ4n) is 2.65. The van der Waals surface area contributed by atoms with Gasteiger partial charge in [-0.1, -0.05) is 25.4 Å². The molecule has 0 aliphatic rings. The molecule has 7 heteroatoms. The maximum absolute atomic E-state index is 14.4. The quantitative estimate of drug-likeness (QED) is 0.554. The van der Waals surface area contributed by atoms with E-state index in [9.17, 15) is 9.18 Å². The molecule has 2 heterocycles. The SMILES string of the molecule is CCOC(=O)c1cc2ccn(-c3cnc(OCC(C)C)c(Cl)c3)c2cc1F. The number of esters is 1. The summed E-state index contributed by atoms with van der Waals surface area (Å²) in [5.74, 6) is -0.605. The molecule has 0 atom stereocenters. The highest BCUT2D eigenvalue weighted by molar-refractivity contribution is 6.32. The average molecular weight is 391 g/mol. The van der Waals surface area contributed by atoms with Gasteiger partial charge >= 0.3 is 5.97 Å². The zero-order valence-corrected chi connectivity index (χ0v) is 16.1. The Labute approximate surface area is 161 Å². The summed E-state index contributed by atoms with van der Waals surface area (Å²) >= 11 is 6.28. The Morgan fingerprint density at radius 2 is 2.11 bits per heavy atom. The van der Waals surface area contributed by atoms with Crippen LogP contribution in [0.3, 0.4) is 0 Å². The van der Waals surface area contributed by atoms with Gasteiger partial charge in [0.25, 0.3) is 0 Å². The van der Waals surface area contributed by atoms with E-state index in [0.29, 0.717) is 40.0 Å². The molecule has 0 saturated heterocycles. The predicted molar refractivity (Wildman–Crippen MR) is 102 cm³/mol.